The molecule has 0 aliphatic heterocycles. The Balaban J connectivity index is 3.18. The van der Waals surface area contributed by atoms with Gasteiger partial charge in [0.05, 0.1) is 6.61 Å². The number of carbonyl (C=O) groups is 2. The van der Waals surface area contributed by atoms with Gasteiger partial charge in [-0.1, -0.05) is 45.4 Å². The first-order valence-electron chi connectivity index (χ1n) is 8.29. The van der Waals surface area contributed by atoms with Crippen LogP contribution in [-0.4, -0.2) is 30.3 Å². The lowest BCUT2D eigenvalue weighted by atomic mass is 10.1. The van der Waals surface area contributed by atoms with Crippen molar-refractivity contribution in [2.24, 2.45) is 0 Å². The maximum atomic E-state index is 11.4. The predicted molar refractivity (Wildman–Crippen MR) is 83.4 cm³/mol. The van der Waals surface area contributed by atoms with E-state index in [0.29, 0.717) is 19.6 Å². The van der Waals surface area contributed by atoms with E-state index >= 15 is 0 Å². The second kappa shape index (κ2) is 15.1. The molecule has 1 amide bonds. The number of esters is 1. The molecule has 5 nitrogen and oxygen atoms in total. The van der Waals surface area contributed by atoms with E-state index in [1.54, 1.807) is 0 Å². The molecule has 0 heterocycles. The third-order valence-corrected chi connectivity index (χ3v) is 3.34. The van der Waals surface area contributed by atoms with Gasteiger partial charge in [-0.25, -0.2) is 4.79 Å². The summed E-state index contributed by atoms with van der Waals surface area (Å²) < 4.78 is 5.14. The molecule has 0 aromatic heterocycles. The molecule has 0 aliphatic rings. The highest BCUT2D eigenvalue weighted by Crippen LogP contribution is 2.09. The third kappa shape index (κ3) is 16.7. The molecule has 0 fully saturated rings. The summed E-state index contributed by atoms with van der Waals surface area (Å²) in [5.74, 6) is -0.104. The summed E-state index contributed by atoms with van der Waals surface area (Å²) in [6.45, 7) is 3.11. The summed E-state index contributed by atoms with van der Waals surface area (Å²) in [5, 5.41) is 10.7. The van der Waals surface area contributed by atoms with Crippen molar-refractivity contribution < 1.29 is 19.4 Å². The summed E-state index contributed by atoms with van der Waals surface area (Å²) in [7, 11) is 0. The van der Waals surface area contributed by atoms with Gasteiger partial charge in [-0.3, -0.25) is 4.79 Å². The van der Waals surface area contributed by atoms with Crippen molar-refractivity contribution in [3.05, 3.63) is 0 Å². The van der Waals surface area contributed by atoms with Gasteiger partial charge in [0.2, 0.25) is 0 Å². The molecule has 5 heteroatoms. The van der Waals surface area contributed by atoms with Crippen LogP contribution < -0.4 is 5.32 Å². The number of unbranched alkanes of at least 4 members (excludes halogenated alkanes) is 8. The SMILES string of the molecule is CCCCCCCCCC(=O)OCCCCCNC(=O)O. The zero-order chi connectivity index (χ0) is 15.8. The highest BCUT2D eigenvalue weighted by Gasteiger charge is 2.02. The molecule has 0 unspecified atom stereocenters. The molecule has 21 heavy (non-hydrogen) atoms. The number of hydrogen-bond acceptors (Lipinski definition) is 3. The maximum Gasteiger partial charge on any atom is 0.404 e. The van der Waals surface area contributed by atoms with Gasteiger partial charge in [-0.2, -0.15) is 0 Å². The van der Waals surface area contributed by atoms with Crippen LogP contribution in [0.1, 0.15) is 77.6 Å². The fourth-order valence-electron chi connectivity index (χ4n) is 2.08. The van der Waals surface area contributed by atoms with Crippen LogP contribution in [0, 0.1) is 0 Å². The molecule has 0 rings (SSSR count). The van der Waals surface area contributed by atoms with Crippen molar-refractivity contribution in [1.29, 1.82) is 0 Å². The quantitative estimate of drug-likeness (QED) is 0.374. The molecule has 0 radical (unpaired) electrons. The molecule has 0 saturated carbocycles. The van der Waals surface area contributed by atoms with Gasteiger partial charge < -0.3 is 15.2 Å². The van der Waals surface area contributed by atoms with Crippen LogP contribution in [-0.2, 0) is 9.53 Å². The zero-order valence-electron chi connectivity index (χ0n) is 13.4. The fraction of sp³-hybridized carbons (Fsp3) is 0.875. The lowest BCUT2D eigenvalue weighted by Gasteiger charge is -2.05. The minimum Gasteiger partial charge on any atom is -0.466 e. The molecular weight excluding hydrogens is 270 g/mol. The summed E-state index contributed by atoms with van der Waals surface area (Å²) in [5.41, 5.74) is 0. The molecule has 0 aromatic rings. The summed E-state index contributed by atoms with van der Waals surface area (Å²) >= 11 is 0. The van der Waals surface area contributed by atoms with Crippen LogP contribution in [0.3, 0.4) is 0 Å². The molecule has 0 aliphatic carbocycles. The first-order valence-corrected chi connectivity index (χ1v) is 8.29. The number of hydrogen-bond donors (Lipinski definition) is 2. The van der Waals surface area contributed by atoms with Crippen LogP contribution in [0.25, 0.3) is 0 Å². The molecule has 0 bridgehead atoms. The average molecular weight is 301 g/mol. The maximum absolute atomic E-state index is 11.4. The van der Waals surface area contributed by atoms with E-state index in [1.807, 2.05) is 0 Å². The third-order valence-electron chi connectivity index (χ3n) is 3.34. The molecule has 0 atom stereocenters. The van der Waals surface area contributed by atoms with Crippen LogP contribution in [0.5, 0.6) is 0 Å². The van der Waals surface area contributed by atoms with E-state index < -0.39 is 6.09 Å². The van der Waals surface area contributed by atoms with Crippen molar-refractivity contribution >= 4 is 12.1 Å². The summed E-state index contributed by atoms with van der Waals surface area (Å²) in [6.07, 6.45) is 10.4. The van der Waals surface area contributed by atoms with Gasteiger partial charge in [0.25, 0.3) is 0 Å². The second-order valence-electron chi connectivity index (χ2n) is 5.38. The van der Waals surface area contributed by atoms with Gasteiger partial charge in [-0.05, 0) is 25.7 Å². The Morgan fingerprint density at radius 3 is 2.19 bits per heavy atom. The van der Waals surface area contributed by atoms with Crippen LogP contribution in [0.15, 0.2) is 0 Å². The van der Waals surface area contributed by atoms with Crippen molar-refractivity contribution in [2.45, 2.75) is 77.6 Å². The second-order valence-corrected chi connectivity index (χ2v) is 5.38. The first kappa shape index (κ1) is 19.7. The van der Waals surface area contributed by atoms with Crippen molar-refractivity contribution in [2.75, 3.05) is 13.2 Å². The monoisotopic (exact) mass is 301 g/mol. The standard InChI is InChI=1S/C16H31NO4/c1-2-3-4-5-6-7-9-12-15(18)21-14-11-8-10-13-17-16(19)20/h17H,2-14H2,1H3,(H,19,20). The largest absolute Gasteiger partial charge is 0.466 e. The first-order chi connectivity index (χ1) is 10.2. The number of ether oxygens (including phenoxy) is 1. The highest BCUT2D eigenvalue weighted by atomic mass is 16.5. The summed E-state index contributed by atoms with van der Waals surface area (Å²) in [6, 6.07) is 0. The Labute approximate surface area is 128 Å². The van der Waals surface area contributed by atoms with E-state index in [0.717, 1.165) is 32.1 Å². The number of nitrogens with one attached hydrogen (secondary N) is 1. The topological polar surface area (TPSA) is 75.6 Å². The molecule has 0 saturated heterocycles. The van der Waals surface area contributed by atoms with E-state index in [2.05, 4.69) is 12.2 Å². The van der Waals surface area contributed by atoms with E-state index in [9.17, 15) is 9.59 Å². The Morgan fingerprint density at radius 2 is 1.52 bits per heavy atom. The number of rotatable bonds is 14. The Hall–Kier alpha value is -1.26. The van der Waals surface area contributed by atoms with Crippen LogP contribution >= 0.6 is 0 Å². The van der Waals surface area contributed by atoms with Crippen molar-refractivity contribution in [1.82, 2.24) is 5.32 Å². The van der Waals surface area contributed by atoms with E-state index in [-0.39, 0.29) is 5.97 Å². The van der Waals surface area contributed by atoms with Crippen molar-refractivity contribution in [3.63, 3.8) is 0 Å². The van der Waals surface area contributed by atoms with Crippen molar-refractivity contribution in [3.8, 4) is 0 Å². The minimum absolute atomic E-state index is 0.104. The Kier molecular flexibility index (Phi) is 14.2. The van der Waals surface area contributed by atoms with E-state index in [4.69, 9.17) is 9.84 Å². The number of carboxylic acid groups (broad SMARTS) is 1. The highest BCUT2D eigenvalue weighted by molar-refractivity contribution is 5.69. The molecule has 0 spiro atoms. The number of carbonyl (C=O) groups excluding carboxylic acids is 1. The van der Waals surface area contributed by atoms with Gasteiger partial charge in [0, 0.05) is 13.0 Å². The smallest absolute Gasteiger partial charge is 0.404 e. The van der Waals surface area contributed by atoms with Crippen LogP contribution in [0.2, 0.25) is 0 Å². The Morgan fingerprint density at radius 1 is 0.905 bits per heavy atom. The fourth-order valence-corrected chi connectivity index (χ4v) is 2.08. The normalized spacial score (nSPS) is 10.3. The molecule has 0 aromatic carbocycles. The van der Waals surface area contributed by atoms with Gasteiger partial charge in [-0.15, -0.1) is 0 Å². The number of amides is 1. The Bertz CT molecular complexity index is 269. The van der Waals surface area contributed by atoms with Gasteiger partial charge in [0.1, 0.15) is 0 Å². The van der Waals surface area contributed by atoms with Crippen LogP contribution in [0.4, 0.5) is 4.79 Å². The predicted octanol–water partition coefficient (Wildman–Crippen LogP) is 4.11. The molecular formula is C16H31NO4. The summed E-state index contributed by atoms with van der Waals surface area (Å²) in [4.78, 5) is 21.6. The molecule has 2 N–H and O–H groups in total. The molecule has 124 valence electrons. The van der Waals surface area contributed by atoms with Gasteiger partial charge in [0.15, 0.2) is 0 Å². The minimum atomic E-state index is -0.990. The lowest BCUT2D eigenvalue weighted by Crippen LogP contribution is -2.21. The van der Waals surface area contributed by atoms with Gasteiger partial charge >= 0.3 is 12.1 Å². The lowest BCUT2D eigenvalue weighted by molar-refractivity contribution is -0.143. The zero-order valence-corrected chi connectivity index (χ0v) is 13.4. The average Bonchev–Trinajstić information content (AvgIpc) is 2.45. The van der Waals surface area contributed by atoms with E-state index in [1.165, 1.54) is 32.1 Å².